The maximum Gasteiger partial charge on any atom is 0.503 e. The Labute approximate surface area is 91.5 Å². The van der Waals surface area contributed by atoms with Crippen LogP contribution in [0.3, 0.4) is 0 Å². The second kappa shape index (κ2) is 4.71. The van der Waals surface area contributed by atoms with E-state index in [0.29, 0.717) is 0 Å². The average Bonchev–Trinajstić information content (AvgIpc) is 2.78. The summed E-state index contributed by atoms with van der Waals surface area (Å²) >= 11 is 0. The van der Waals surface area contributed by atoms with Gasteiger partial charge in [0.2, 0.25) is 0 Å². The predicted molar refractivity (Wildman–Crippen MR) is 62.2 cm³/mol. The van der Waals surface area contributed by atoms with Crippen LogP contribution in [0.4, 0.5) is 4.79 Å². The number of amides is 1. The van der Waals surface area contributed by atoms with E-state index in [1.807, 2.05) is 16.7 Å². The summed E-state index contributed by atoms with van der Waals surface area (Å²) in [6, 6.07) is 0.114. The molecular weight excluding hydrogens is 207 g/mol. The van der Waals surface area contributed by atoms with Crippen LogP contribution in [-0.4, -0.2) is 27.9 Å². The molecule has 1 aromatic rings. The van der Waals surface area contributed by atoms with Crippen molar-refractivity contribution in [2.24, 2.45) is 0 Å². The molecule has 2 rings (SSSR count). The number of aromatic nitrogens is 1. The molecule has 15 heavy (non-hydrogen) atoms. The highest BCUT2D eigenvalue weighted by molar-refractivity contribution is 7.28. The first kappa shape index (κ1) is 10.6. The standard InChI is InChI=1S/C11H16N2OP/c1-2-3-4-5-6-12-7-10-8-15-9-13(10)11(12)14/h7-9H,2-6H2,1H3/q+1. The molecule has 0 bridgehead atoms. The van der Waals surface area contributed by atoms with Gasteiger partial charge in [-0.1, -0.05) is 19.8 Å². The van der Waals surface area contributed by atoms with Crippen molar-refractivity contribution in [2.75, 3.05) is 6.54 Å². The third kappa shape index (κ3) is 2.18. The Morgan fingerprint density at radius 1 is 1.40 bits per heavy atom. The summed E-state index contributed by atoms with van der Waals surface area (Å²) in [7, 11) is 1.11. The van der Waals surface area contributed by atoms with E-state index >= 15 is 0 Å². The van der Waals surface area contributed by atoms with Crippen molar-refractivity contribution >= 4 is 20.4 Å². The quantitative estimate of drug-likeness (QED) is 0.556. The molecule has 0 atom stereocenters. The zero-order valence-corrected chi connectivity index (χ0v) is 9.91. The van der Waals surface area contributed by atoms with Crippen molar-refractivity contribution in [3.05, 3.63) is 17.4 Å². The van der Waals surface area contributed by atoms with Crippen LogP contribution in [0.1, 0.15) is 38.3 Å². The molecule has 1 amide bonds. The summed E-state index contributed by atoms with van der Waals surface area (Å²) in [4.78, 5) is 11.8. The Bertz CT molecular complexity index is 395. The van der Waals surface area contributed by atoms with Crippen LogP contribution in [0, 0.1) is 0 Å². The molecule has 0 fully saturated rings. The molecule has 0 aromatic carbocycles. The molecule has 0 saturated heterocycles. The fourth-order valence-corrected chi connectivity index (χ4v) is 2.56. The lowest BCUT2D eigenvalue weighted by Crippen LogP contribution is -2.20. The lowest BCUT2D eigenvalue weighted by molar-refractivity contribution is -0.419. The maximum absolute atomic E-state index is 11.8. The van der Waals surface area contributed by atoms with Gasteiger partial charge in [-0.25, -0.2) is 0 Å². The third-order valence-corrected chi connectivity index (χ3v) is 3.44. The molecule has 3 nitrogen and oxygen atoms in total. The van der Waals surface area contributed by atoms with Crippen LogP contribution in [0.25, 0.3) is 0 Å². The Balaban J connectivity index is 1.91. The van der Waals surface area contributed by atoms with Gasteiger partial charge in [0, 0.05) is 5.80 Å². The van der Waals surface area contributed by atoms with E-state index in [1.165, 1.54) is 19.3 Å². The Hall–Kier alpha value is -0.950. The lowest BCUT2D eigenvalue weighted by Gasteiger charge is -1.98. The highest BCUT2D eigenvalue weighted by Crippen LogP contribution is 2.15. The summed E-state index contributed by atoms with van der Waals surface area (Å²) in [5.41, 5.74) is 1.04. The Morgan fingerprint density at radius 3 is 3.00 bits per heavy atom. The molecule has 0 spiro atoms. The van der Waals surface area contributed by atoms with E-state index in [4.69, 9.17) is 0 Å². The average molecular weight is 223 g/mol. The molecular formula is C11H16N2OP+. The highest BCUT2D eigenvalue weighted by atomic mass is 31.0. The van der Waals surface area contributed by atoms with Crippen molar-refractivity contribution in [1.29, 1.82) is 0 Å². The van der Waals surface area contributed by atoms with Crippen molar-refractivity contribution in [3.8, 4) is 0 Å². The molecule has 4 heteroatoms. The molecule has 0 aliphatic carbocycles. The van der Waals surface area contributed by atoms with Crippen LogP contribution in [0.5, 0.6) is 0 Å². The minimum Gasteiger partial charge on any atom is -0.196 e. The number of hydrogen-bond donors (Lipinski definition) is 0. The van der Waals surface area contributed by atoms with Crippen LogP contribution >= 0.6 is 8.19 Å². The summed E-state index contributed by atoms with van der Waals surface area (Å²) < 4.78 is 3.56. The molecule has 2 heterocycles. The number of carbonyl (C=O) groups is 1. The minimum absolute atomic E-state index is 0.114. The summed E-state index contributed by atoms with van der Waals surface area (Å²) in [6.07, 6.45) is 6.79. The second-order valence-electron chi connectivity index (χ2n) is 3.85. The molecule has 0 unspecified atom stereocenters. The van der Waals surface area contributed by atoms with E-state index in [-0.39, 0.29) is 6.03 Å². The first-order valence-electron chi connectivity index (χ1n) is 5.51. The van der Waals surface area contributed by atoms with Crippen molar-refractivity contribution in [3.63, 3.8) is 0 Å². The van der Waals surface area contributed by atoms with Gasteiger partial charge in [0.05, 0.1) is 6.54 Å². The number of unbranched alkanes of at least 4 members (excludes halogenated alkanes) is 3. The van der Waals surface area contributed by atoms with E-state index < -0.39 is 0 Å². The van der Waals surface area contributed by atoms with Gasteiger partial charge < -0.3 is 0 Å². The van der Waals surface area contributed by atoms with Gasteiger partial charge in [0.1, 0.15) is 12.1 Å². The zero-order valence-electron chi connectivity index (χ0n) is 9.02. The normalized spacial score (nSPS) is 14.7. The van der Waals surface area contributed by atoms with Gasteiger partial charge in [0.25, 0.3) is 0 Å². The van der Waals surface area contributed by atoms with Gasteiger partial charge >= 0.3 is 6.03 Å². The topological polar surface area (TPSA) is 25.0 Å². The number of carbonyl (C=O) groups excluding carboxylic acids is 1. The minimum atomic E-state index is 0.114. The molecule has 1 aliphatic rings. The van der Waals surface area contributed by atoms with Crippen molar-refractivity contribution in [2.45, 2.75) is 32.6 Å². The van der Waals surface area contributed by atoms with Crippen molar-refractivity contribution < 1.29 is 9.37 Å². The van der Waals surface area contributed by atoms with Gasteiger partial charge in [-0.3, -0.25) is 0 Å². The highest BCUT2D eigenvalue weighted by Gasteiger charge is 2.28. The van der Waals surface area contributed by atoms with Crippen LogP contribution in [0.2, 0.25) is 0 Å². The van der Waals surface area contributed by atoms with E-state index in [0.717, 1.165) is 26.9 Å². The molecule has 1 aromatic heterocycles. The van der Waals surface area contributed by atoms with Crippen LogP contribution < -0.4 is 0 Å². The van der Waals surface area contributed by atoms with Crippen molar-refractivity contribution in [1.82, 2.24) is 4.57 Å². The number of rotatable bonds is 5. The summed E-state index contributed by atoms with van der Waals surface area (Å²) in [5, 5.41) is 0. The summed E-state index contributed by atoms with van der Waals surface area (Å²) in [5.74, 6) is 3.98. The Kier molecular flexibility index (Phi) is 3.32. The SMILES string of the molecule is CCCCCC[N+]1=Cc2cpcn2C1=O. The largest absolute Gasteiger partial charge is 0.503 e. The molecule has 0 radical (unpaired) electrons. The first-order valence-corrected chi connectivity index (χ1v) is 6.54. The van der Waals surface area contributed by atoms with Gasteiger partial charge in [-0.2, -0.15) is 13.9 Å². The molecule has 80 valence electrons. The zero-order chi connectivity index (χ0) is 10.7. The fourth-order valence-electron chi connectivity index (χ4n) is 1.78. The number of nitrogens with zero attached hydrogens (tertiary/aromatic N) is 2. The lowest BCUT2D eigenvalue weighted by atomic mass is 10.2. The molecule has 1 aliphatic heterocycles. The number of hydrogen-bond acceptors (Lipinski definition) is 1. The summed E-state index contributed by atoms with van der Waals surface area (Å²) in [6.45, 7) is 3.06. The molecule has 0 N–H and O–H groups in total. The monoisotopic (exact) mass is 223 g/mol. The maximum atomic E-state index is 11.8. The fraction of sp³-hybridized carbons (Fsp3) is 0.545. The smallest absolute Gasteiger partial charge is 0.196 e. The van der Waals surface area contributed by atoms with E-state index in [2.05, 4.69) is 12.7 Å². The predicted octanol–water partition coefficient (Wildman–Crippen LogP) is 3.06. The second-order valence-corrected chi connectivity index (χ2v) is 4.64. The van der Waals surface area contributed by atoms with Gasteiger partial charge in [-0.15, -0.1) is 0 Å². The Morgan fingerprint density at radius 2 is 2.27 bits per heavy atom. The van der Waals surface area contributed by atoms with Gasteiger partial charge in [0.15, 0.2) is 5.69 Å². The molecule has 0 saturated carbocycles. The first-order chi connectivity index (χ1) is 7.33. The van der Waals surface area contributed by atoms with Crippen LogP contribution in [0.15, 0.2) is 11.7 Å². The number of fused-ring (bicyclic) bond motifs is 1. The van der Waals surface area contributed by atoms with Crippen LogP contribution in [-0.2, 0) is 0 Å². The van der Waals surface area contributed by atoms with E-state index in [1.54, 1.807) is 4.57 Å². The van der Waals surface area contributed by atoms with Gasteiger partial charge in [-0.05, 0) is 21.0 Å². The third-order valence-electron chi connectivity index (χ3n) is 2.66. The van der Waals surface area contributed by atoms with E-state index in [9.17, 15) is 4.79 Å².